The average Bonchev–Trinajstić information content (AvgIpc) is 3.31. The van der Waals surface area contributed by atoms with Crippen LogP contribution in [0.1, 0.15) is 33.2 Å². The van der Waals surface area contributed by atoms with Crippen LogP contribution in [0.4, 0.5) is 0 Å². The van der Waals surface area contributed by atoms with E-state index < -0.39 is 0 Å². The predicted octanol–water partition coefficient (Wildman–Crippen LogP) is 4.12. The Balaban J connectivity index is 1.74. The van der Waals surface area contributed by atoms with Crippen LogP contribution in [0.5, 0.6) is 0 Å². The molecular formula is C19H21N3O2S. The lowest BCUT2D eigenvalue weighted by Crippen LogP contribution is -2.29. The average molecular weight is 355 g/mol. The molecule has 130 valence electrons. The van der Waals surface area contributed by atoms with E-state index in [1.165, 1.54) is 11.3 Å². The summed E-state index contributed by atoms with van der Waals surface area (Å²) in [6.07, 6.45) is 0. The van der Waals surface area contributed by atoms with E-state index in [1.807, 2.05) is 62.5 Å². The first-order valence-electron chi connectivity index (χ1n) is 8.05. The second-order valence-corrected chi connectivity index (χ2v) is 7.03. The molecule has 0 fully saturated rings. The minimum atomic E-state index is -0.106. The topological polar surface area (TPSA) is 58.2 Å². The highest BCUT2D eigenvalue weighted by molar-refractivity contribution is 7.14. The summed E-state index contributed by atoms with van der Waals surface area (Å²) >= 11 is 1.47. The van der Waals surface area contributed by atoms with E-state index in [1.54, 1.807) is 12.0 Å². The lowest BCUT2D eigenvalue weighted by atomic mass is 10.1. The van der Waals surface area contributed by atoms with Gasteiger partial charge >= 0.3 is 0 Å². The predicted molar refractivity (Wildman–Crippen MR) is 99.6 cm³/mol. The van der Waals surface area contributed by atoms with E-state index in [-0.39, 0.29) is 11.9 Å². The van der Waals surface area contributed by atoms with Crippen LogP contribution in [0.25, 0.3) is 11.3 Å². The summed E-state index contributed by atoms with van der Waals surface area (Å²) in [7, 11) is 3.46. The number of amides is 1. The highest BCUT2D eigenvalue weighted by Gasteiger charge is 2.22. The van der Waals surface area contributed by atoms with E-state index in [0.29, 0.717) is 11.5 Å². The Labute approximate surface area is 151 Å². The molecule has 0 unspecified atom stereocenters. The number of thiophene rings is 1. The Hall–Kier alpha value is -2.44. The monoisotopic (exact) mass is 355 g/mol. The van der Waals surface area contributed by atoms with Gasteiger partial charge in [-0.1, -0.05) is 30.3 Å². The number of hydrogen-bond donors (Lipinski definition) is 1. The Bertz CT molecular complexity index is 841. The molecule has 0 bridgehead atoms. The number of aromatic nitrogens is 2. The fourth-order valence-corrected chi connectivity index (χ4v) is 3.54. The van der Waals surface area contributed by atoms with Gasteiger partial charge in [0.05, 0.1) is 28.9 Å². The minimum Gasteiger partial charge on any atom is -0.379 e. The molecular weight excluding hydrogens is 334 g/mol. The molecule has 6 heteroatoms. The zero-order chi connectivity index (χ0) is 17.8. The Kier molecular flexibility index (Phi) is 5.31. The highest BCUT2D eigenvalue weighted by Crippen LogP contribution is 2.26. The van der Waals surface area contributed by atoms with Gasteiger partial charge in [-0.25, -0.2) is 0 Å². The van der Waals surface area contributed by atoms with Crippen molar-refractivity contribution < 1.29 is 9.53 Å². The fourth-order valence-electron chi connectivity index (χ4n) is 2.58. The molecule has 0 aliphatic rings. The van der Waals surface area contributed by atoms with E-state index in [9.17, 15) is 4.79 Å². The van der Waals surface area contributed by atoms with Gasteiger partial charge < -0.3 is 9.64 Å². The summed E-state index contributed by atoms with van der Waals surface area (Å²) in [4.78, 5) is 16.2. The van der Waals surface area contributed by atoms with Crippen molar-refractivity contribution in [1.82, 2.24) is 15.1 Å². The molecule has 0 saturated heterocycles. The number of nitrogens with zero attached hydrogens (tertiary/aromatic N) is 2. The summed E-state index contributed by atoms with van der Waals surface area (Å²) in [6, 6.07) is 15.7. The van der Waals surface area contributed by atoms with Crippen LogP contribution < -0.4 is 0 Å². The molecule has 0 aliphatic carbocycles. The number of carbonyl (C=O) groups is 1. The van der Waals surface area contributed by atoms with Gasteiger partial charge in [-0.3, -0.25) is 9.89 Å². The van der Waals surface area contributed by atoms with Crippen LogP contribution in [0, 0.1) is 0 Å². The molecule has 1 aromatic carbocycles. The molecule has 5 nitrogen and oxygen atoms in total. The second-order valence-electron chi connectivity index (χ2n) is 5.87. The normalized spacial score (nSPS) is 12.1. The molecule has 3 aromatic rings. The number of nitrogens with one attached hydrogen (secondary N) is 1. The standard InChI is InChI=1S/C19H21N3O2S/c1-13(16-11-17(21-20-16)14-7-5-4-6-8-14)22(2)19(23)18-10-9-15(25-18)12-24-3/h4-11,13H,12H2,1-3H3,(H,20,21)/t13-/m0/s1. The maximum absolute atomic E-state index is 12.7. The Morgan fingerprint density at radius 3 is 2.76 bits per heavy atom. The summed E-state index contributed by atoms with van der Waals surface area (Å²) in [5.74, 6) is -0.00397. The van der Waals surface area contributed by atoms with Crippen molar-refractivity contribution in [3.63, 3.8) is 0 Å². The Morgan fingerprint density at radius 1 is 1.28 bits per heavy atom. The van der Waals surface area contributed by atoms with Gasteiger partial charge in [-0.05, 0) is 25.1 Å². The van der Waals surface area contributed by atoms with Crippen LogP contribution >= 0.6 is 11.3 Å². The molecule has 0 radical (unpaired) electrons. The number of H-pyrrole nitrogens is 1. The first kappa shape index (κ1) is 17.4. The highest BCUT2D eigenvalue weighted by atomic mass is 32.1. The second kappa shape index (κ2) is 7.63. The van der Waals surface area contributed by atoms with Crippen molar-refractivity contribution in [2.24, 2.45) is 0 Å². The SMILES string of the molecule is COCc1ccc(C(=O)N(C)[C@@H](C)c2cc(-c3ccccc3)n[nH]2)s1. The van der Waals surface area contributed by atoms with Gasteiger partial charge in [-0.15, -0.1) is 11.3 Å². The summed E-state index contributed by atoms with van der Waals surface area (Å²) < 4.78 is 5.12. The minimum absolute atomic E-state index is 0.00397. The molecule has 25 heavy (non-hydrogen) atoms. The molecule has 1 atom stereocenters. The first-order chi connectivity index (χ1) is 12.1. The molecule has 0 aliphatic heterocycles. The smallest absolute Gasteiger partial charge is 0.264 e. The quantitative estimate of drug-likeness (QED) is 0.724. The lowest BCUT2D eigenvalue weighted by molar-refractivity contribution is 0.0744. The van der Waals surface area contributed by atoms with Gasteiger partial charge in [0, 0.05) is 24.6 Å². The van der Waals surface area contributed by atoms with Crippen LogP contribution in [0.3, 0.4) is 0 Å². The summed E-state index contributed by atoms with van der Waals surface area (Å²) in [6.45, 7) is 2.52. The van der Waals surface area contributed by atoms with Crippen molar-refractivity contribution in [2.45, 2.75) is 19.6 Å². The van der Waals surface area contributed by atoms with E-state index in [2.05, 4.69) is 10.2 Å². The van der Waals surface area contributed by atoms with Crippen LogP contribution in [-0.4, -0.2) is 35.2 Å². The maximum atomic E-state index is 12.7. The third-order valence-electron chi connectivity index (χ3n) is 4.18. The maximum Gasteiger partial charge on any atom is 0.264 e. The molecule has 0 saturated carbocycles. The molecule has 0 spiro atoms. The number of benzene rings is 1. The summed E-state index contributed by atoms with van der Waals surface area (Å²) in [5, 5.41) is 7.43. The molecule has 3 rings (SSSR count). The van der Waals surface area contributed by atoms with Gasteiger partial charge in [0.15, 0.2) is 0 Å². The number of ether oxygens (including phenoxy) is 1. The van der Waals surface area contributed by atoms with Crippen molar-refractivity contribution >= 4 is 17.2 Å². The van der Waals surface area contributed by atoms with Gasteiger partial charge in [-0.2, -0.15) is 5.10 Å². The molecule has 2 aromatic heterocycles. The number of methoxy groups -OCH3 is 1. The van der Waals surface area contributed by atoms with Crippen LogP contribution in [0.2, 0.25) is 0 Å². The van der Waals surface area contributed by atoms with E-state index >= 15 is 0 Å². The number of carbonyl (C=O) groups excluding carboxylic acids is 1. The number of hydrogen-bond acceptors (Lipinski definition) is 4. The van der Waals surface area contributed by atoms with Crippen molar-refractivity contribution in [2.75, 3.05) is 14.2 Å². The lowest BCUT2D eigenvalue weighted by Gasteiger charge is -2.23. The molecule has 2 heterocycles. The van der Waals surface area contributed by atoms with Crippen molar-refractivity contribution in [3.8, 4) is 11.3 Å². The zero-order valence-corrected chi connectivity index (χ0v) is 15.3. The molecule has 1 N–H and O–H groups in total. The van der Waals surface area contributed by atoms with Crippen LogP contribution in [-0.2, 0) is 11.3 Å². The van der Waals surface area contributed by atoms with E-state index in [4.69, 9.17) is 4.74 Å². The Morgan fingerprint density at radius 2 is 2.04 bits per heavy atom. The third-order valence-corrected chi connectivity index (χ3v) is 5.22. The number of rotatable bonds is 6. The summed E-state index contributed by atoms with van der Waals surface area (Å²) in [5.41, 5.74) is 2.83. The van der Waals surface area contributed by atoms with Crippen molar-refractivity contribution in [3.05, 3.63) is 64.0 Å². The van der Waals surface area contributed by atoms with Gasteiger partial charge in [0.2, 0.25) is 0 Å². The molecule has 1 amide bonds. The zero-order valence-electron chi connectivity index (χ0n) is 14.5. The fraction of sp³-hybridized carbons (Fsp3) is 0.263. The van der Waals surface area contributed by atoms with Crippen molar-refractivity contribution in [1.29, 1.82) is 0 Å². The van der Waals surface area contributed by atoms with Gasteiger partial charge in [0.1, 0.15) is 0 Å². The largest absolute Gasteiger partial charge is 0.379 e. The number of aromatic amines is 1. The van der Waals surface area contributed by atoms with Gasteiger partial charge in [0.25, 0.3) is 5.91 Å². The van der Waals surface area contributed by atoms with Crippen LogP contribution in [0.15, 0.2) is 48.5 Å². The first-order valence-corrected chi connectivity index (χ1v) is 8.87. The third kappa shape index (κ3) is 3.81. The van der Waals surface area contributed by atoms with E-state index in [0.717, 1.165) is 21.8 Å².